The fourth-order valence-corrected chi connectivity index (χ4v) is 2.30. The molecule has 0 atom stereocenters. The highest BCUT2D eigenvalue weighted by Crippen LogP contribution is 2.21. The van der Waals surface area contributed by atoms with Gasteiger partial charge >= 0.3 is 0 Å². The third-order valence-electron chi connectivity index (χ3n) is 2.18. The third kappa shape index (κ3) is 2.95. The van der Waals surface area contributed by atoms with Crippen LogP contribution in [0.5, 0.6) is 0 Å². The molecule has 0 aromatic carbocycles. The molecule has 7 heteroatoms. The van der Waals surface area contributed by atoms with Crippen molar-refractivity contribution in [2.24, 2.45) is 12.9 Å². The van der Waals surface area contributed by atoms with Crippen LogP contribution in [0.2, 0.25) is 0 Å². The van der Waals surface area contributed by atoms with Crippen molar-refractivity contribution in [3.8, 4) is 0 Å². The van der Waals surface area contributed by atoms with Gasteiger partial charge in [0.25, 0.3) is 0 Å². The summed E-state index contributed by atoms with van der Waals surface area (Å²) in [6.07, 6.45) is 3.33. The largest absolute Gasteiger partial charge is 0.307 e. The van der Waals surface area contributed by atoms with Gasteiger partial charge in [-0.15, -0.1) is 11.8 Å². The maximum absolute atomic E-state index is 5.22. The molecule has 0 saturated carbocycles. The lowest BCUT2D eigenvalue weighted by molar-refractivity contribution is 0.692. The van der Waals surface area contributed by atoms with Gasteiger partial charge in [0.05, 0.1) is 28.8 Å². The van der Waals surface area contributed by atoms with Crippen LogP contribution in [0.15, 0.2) is 23.5 Å². The summed E-state index contributed by atoms with van der Waals surface area (Å²) >= 11 is 1.68. The summed E-state index contributed by atoms with van der Waals surface area (Å²) < 4.78 is 1.86. The van der Waals surface area contributed by atoms with E-state index >= 15 is 0 Å². The van der Waals surface area contributed by atoms with E-state index in [0.29, 0.717) is 5.82 Å². The Morgan fingerprint density at radius 3 is 2.76 bits per heavy atom. The highest BCUT2D eigenvalue weighted by atomic mass is 32.2. The number of nitrogens with two attached hydrogens (primary N) is 1. The minimum absolute atomic E-state index is 0.565. The zero-order chi connectivity index (χ0) is 12.3. The van der Waals surface area contributed by atoms with Crippen LogP contribution in [0.3, 0.4) is 0 Å². The SMILES string of the molecule is Cc1cc(SCc2cnc(NN)cn2)n(C)n1. The molecular formula is C10H14N6S. The average Bonchev–Trinajstić information content (AvgIpc) is 2.66. The highest BCUT2D eigenvalue weighted by molar-refractivity contribution is 7.98. The molecule has 6 nitrogen and oxygen atoms in total. The van der Waals surface area contributed by atoms with Gasteiger partial charge in [0.1, 0.15) is 0 Å². The number of thioether (sulfide) groups is 1. The van der Waals surface area contributed by atoms with Gasteiger partial charge in [0.2, 0.25) is 0 Å². The molecule has 90 valence electrons. The number of hydrazine groups is 1. The fourth-order valence-electron chi connectivity index (χ4n) is 1.37. The summed E-state index contributed by atoms with van der Waals surface area (Å²) in [7, 11) is 1.93. The normalized spacial score (nSPS) is 10.5. The van der Waals surface area contributed by atoms with Gasteiger partial charge in [-0.1, -0.05) is 0 Å². The van der Waals surface area contributed by atoms with Crippen LogP contribution < -0.4 is 11.3 Å². The van der Waals surface area contributed by atoms with Crippen LogP contribution >= 0.6 is 11.8 Å². The standard InChI is InChI=1S/C10H14N6S/c1-7-3-10(16(2)15-7)17-6-8-4-13-9(14-11)5-12-8/h3-5H,6,11H2,1-2H3,(H,13,14). The van der Waals surface area contributed by atoms with Crippen LogP contribution in [-0.2, 0) is 12.8 Å². The van der Waals surface area contributed by atoms with E-state index in [1.54, 1.807) is 24.2 Å². The van der Waals surface area contributed by atoms with Crippen molar-refractivity contribution in [1.82, 2.24) is 19.7 Å². The Morgan fingerprint density at radius 2 is 2.24 bits per heavy atom. The number of nitrogens with one attached hydrogen (secondary N) is 1. The van der Waals surface area contributed by atoms with Crippen LogP contribution in [0.25, 0.3) is 0 Å². The minimum Gasteiger partial charge on any atom is -0.307 e. The number of rotatable bonds is 4. The fraction of sp³-hybridized carbons (Fsp3) is 0.300. The second-order valence-electron chi connectivity index (χ2n) is 3.57. The van der Waals surface area contributed by atoms with Gasteiger partial charge < -0.3 is 5.43 Å². The molecule has 17 heavy (non-hydrogen) atoms. The predicted molar refractivity (Wildman–Crippen MR) is 67.3 cm³/mol. The molecule has 0 amide bonds. The molecule has 0 saturated heterocycles. The Balaban J connectivity index is 1.99. The lowest BCUT2D eigenvalue weighted by Crippen LogP contribution is -2.09. The van der Waals surface area contributed by atoms with E-state index in [-0.39, 0.29) is 0 Å². The Labute approximate surface area is 104 Å². The number of aromatic nitrogens is 4. The topological polar surface area (TPSA) is 81.6 Å². The van der Waals surface area contributed by atoms with E-state index in [2.05, 4.69) is 20.5 Å². The molecule has 0 aliphatic rings. The first-order valence-electron chi connectivity index (χ1n) is 5.10. The zero-order valence-electron chi connectivity index (χ0n) is 9.71. The molecule has 0 aliphatic carbocycles. The maximum atomic E-state index is 5.22. The van der Waals surface area contributed by atoms with Crippen LogP contribution in [0, 0.1) is 6.92 Å². The average molecular weight is 250 g/mol. The molecule has 0 fully saturated rings. The minimum atomic E-state index is 0.565. The van der Waals surface area contributed by atoms with E-state index < -0.39 is 0 Å². The van der Waals surface area contributed by atoms with E-state index in [4.69, 9.17) is 5.84 Å². The van der Waals surface area contributed by atoms with Crippen molar-refractivity contribution in [3.05, 3.63) is 29.8 Å². The lowest BCUT2D eigenvalue weighted by Gasteiger charge is -2.02. The molecule has 2 heterocycles. The molecular weight excluding hydrogens is 236 g/mol. The Hall–Kier alpha value is -1.60. The number of anilines is 1. The quantitative estimate of drug-likeness (QED) is 0.480. The second kappa shape index (κ2) is 5.15. The summed E-state index contributed by atoms with van der Waals surface area (Å²) in [4.78, 5) is 8.35. The number of nitrogen functional groups attached to an aromatic ring is 1. The molecule has 0 aliphatic heterocycles. The Bertz CT molecular complexity index is 492. The molecule has 2 aromatic heterocycles. The summed E-state index contributed by atoms with van der Waals surface area (Å²) in [5.74, 6) is 6.54. The molecule has 0 bridgehead atoms. The Morgan fingerprint density at radius 1 is 1.41 bits per heavy atom. The van der Waals surface area contributed by atoms with E-state index in [9.17, 15) is 0 Å². The van der Waals surface area contributed by atoms with Crippen molar-refractivity contribution in [3.63, 3.8) is 0 Å². The molecule has 0 unspecified atom stereocenters. The number of aryl methyl sites for hydroxylation is 2. The van der Waals surface area contributed by atoms with Crippen molar-refractivity contribution >= 4 is 17.6 Å². The number of hydrogen-bond donors (Lipinski definition) is 2. The van der Waals surface area contributed by atoms with E-state index in [0.717, 1.165) is 22.2 Å². The smallest absolute Gasteiger partial charge is 0.158 e. The number of nitrogens with zero attached hydrogens (tertiary/aromatic N) is 4. The van der Waals surface area contributed by atoms with E-state index in [1.807, 2.05) is 24.7 Å². The van der Waals surface area contributed by atoms with Gasteiger partial charge in [-0.25, -0.2) is 10.8 Å². The lowest BCUT2D eigenvalue weighted by atomic mass is 10.5. The summed E-state index contributed by atoms with van der Waals surface area (Å²) in [5, 5.41) is 5.40. The molecule has 0 spiro atoms. The highest BCUT2D eigenvalue weighted by Gasteiger charge is 2.04. The van der Waals surface area contributed by atoms with Gasteiger partial charge in [-0.2, -0.15) is 5.10 Å². The van der Waals surface area contributed by atoms with Crippen LogP contribution in [0.1, 0.15) is 11.4 Å². The van der Waals surface area contributed by atoms with Gasteiger partial charge in [0, 0.05) is 12.8 Å². The van der Waals surface area contributed by atoms with Crippen molar-refractivity contribution in [2.45, 2.75) is 17.7 Å². The first-order chi connectivity index (χ1) is 8.19. The summed E-state index contributed by atoms with van der Waals surface area (Å²) in [6.45, 7) is 1.98. The van der Waals surface area contributed by atoms with Gasteiger partial charge in [-0.3, -0.25) is 9.67 Å². The third-order valence-corrected chi connectivity index (χ3v) is 3.30. The first kappa shape index (κ1) is 11.9. The maximum Gasteiger partial charge on any atom is 0.158 e. The first-order valence-corrected chi connectivity index (χ1v) is 6.08. The van der Waals surface area contributed by atoms with Gasteiger partial charge in [-0.05, 0) is 13.0 Å². The zero-order valence-corrected chi connectivity index (χ0v) is 10.5. The molecule has 2 rings (SSSR count). The van der Waals surface area contributed by atoms with Crippen LogP contribution in [0.4, 0.5) is 5.82 Å². The molecule has 0 radical (unpaired) electrons. The van der Waals surface area contributed by atoms with Crippen molar-refractivity contribution < 1.29 is 0 Å². The summed E-state index contributed by atoms with van der Waals surface area (Å²) in [6, 6.07) is 2.05. The predicted octanol–water partition coefficient (Wildman–Crippen LogP) is 1.10. The second-order valence-corrected chi connectivity index (χ2v) is 4.57. The van der Waals surface area contributed by atoms with Crippen LogP contribution in [-0.4, -0.2) is 19.7 Å². The van der Waals surface area contributed by atoms with Crippen molar-refractivity contribution in [1.29, 1.82) is 0 Å². The van der Waals surface area contributed by atoms with Crippen molar-refractivity contribution in [2.75, 3.05) is 5.43 Å². The monoisotopic (exact) mass is 250 g/mol. The molecule has 3 N–H and O–H groups in total. The van der Waals surface area contributed by atoms with E-state index in [1.165, 1.54) is 0 Å². The molecule has 2 aromatic rings. The van der Waals surface area contributed by atoms with Gasteiger partial charge in [0.15, 0.2) is 5.82 Å². The number of hydrogen-bond acceptors (Lipinski definition) is 6. The summed E-state index contributed by atoms with van der Waals surface area (Å²) in [5.41, 5.74) is 4.37. The Kier molecular flexibility index (Phi) is 3.60.